The number of ether oxygens (including phenoxy) is 1. The summed E-state index contributed by atoms with van der Waals surface area (Å²) in [6.45, 7) is 6.92. The molecule has 1 heterocycles. The van der Waals surface area contributed by atoms with Crippen LogP contribution in [0.2, 0.25) is 0 Å². The zero-order chi connectivity index (χ0) is 10.9. The van der Waals surface area contributed by atoms with E-state index < -0.39 is 0 Å². The molecule has 3 nitrogen and oxygen atoms in total. The normalized spacial score (nSPS) is 10.3. The minimum absolute atomic E-state index is 0.719. The van der Waals surface area contributed by atoms with Crippen LogP contribution in [0.5, 0.6) is 5.88 Å². The largest absolute Gasteiger partial charge is 0.478 e. The van der Waals surface area contributed by atoms with Gasteiger partial charge < -0.3 is 10.1 Å². The molecule has 0 aliphatic rings. The van der Waals surface area contributed by atoms with Crippen molar-refractivity contribution in [1.29, 1.82) is 0 Å². The van der Waals surface area contributed by atoms with Gasteiger partial charge in [0.2, 0.25) is 5.88 Å². The number of aromatic nitrogens is 1. The number of pyridine rings is 1. The fourth-order valence-corrected chi connectivity index (χ4v) is 1.22. The third-order valence-corrected chi connectivity index (χ3v) is 2.01. The molecule has 0 fully saturated rings. The molecular weight excluding hydrogens is 188 g/mol. The Morgan fingerprint density at radius 1 is 1.27 bits per heavy atom. The molecular formula is C12H20N2O. The molecule has 0 spiro atoms. The van der Waals surface area contributed by atoms with Gasteiger partial charge in [0.1, 0.15) is 0 Å². The third kappa shape index (κ3) is 4.79. The minimum atomic E-state index is 0.719. The van der Waals surface area contributed by atoms with Crippen LogP contribution < -0.4 is 10.1 Å². The molecule has 0 bridgehead atoms. The van der Waals surface area contributed by atoms with Gasteiger partial charge in [-0.1, -0.05) is 19.9 Å². The summed E-state index contributed by atoms with van der Waals surface area (Å²) < 4.78 is 5.40. The number of nitrogens with zero attached hydrogens (tertiary/aromatic N) is 1. The summed E-state index contributed by atoms with van der Waals surface area (Å²) in [5.74, 6) is 0.719. The summed E-state index contributed by atoms with van der Waals surface area (Å²) >= 11 is 0. The quantitative estimate of drug-likeness (QED) is 0.698. The Bertz CT molecular complexity index is 259. The smallest absolute Gasteiger partial charge is 0.213 e. The fourth-order valence-electron chi connectivity index (χ4n) is 1.22. The third-order valence-electron chi connectivity index (χ3n) is 2.01. The molecule has 0 aliphatic carbocycles. The van der Waals surface area contributed by atoms with Crippen molar-refractivity contribution in [3.63, 3.8) is 0 Å². The van der Waals surface area contributed by atoms with Gasteiger partial charge in [0.05, 0.1) is 6.61 Å². The van der Waals surface area contributed by atoms with Crippen LogP contribution in [0.3, 0.4) is 0 Å². The van der Waals surface area contributed by atoms with Gasteiger partial charge in [-0.3, -0.25) is 0 Å². The number of nitrogens with one attached hydrogen (secondary N) is 1. The molecule has 0 aliphatic heterocycles. The summed E-state index contributed by atoms with van der Waals surface area (Å²) in [5, 5.41) is 3.33. The van der Waals surface area contributed by atoms with Crippen molar-refractivity contribution in [2.75, 3.05) is 13.2 Å². The van der Waals surface area contributed by atoms with Crippen LogP contribution in [-0.2, 0) is 6.54 Å². The van der Waals surface area contributed by atoms with Crippen molar-refractivity contribution < 1.29 is 4.74 Å². The monoisotopic (exact) mass is 208 g/mol. The standard InChI is InChI=1S/C12H20N2O/c1-3-7-13-9-11-5-6-12(14-10-11)15-8-4-2/h5-6,10,13H,3-4,7-9H2,1-2H3. The molecule has 0 saturated heterocycles. The maximum atomic E-state index is 5.40. The highest BCUT2D eigenvalue weighted by atomic mass is 16.5. The Morgan fingerprint density at radius 2 is 2.13 bits per heavy atom. The van der Waals surface area contributed by atoms with E-state index in [9.17, 15) is 0 Å². The van der Waals surface area contributed by atoms with E-state index >= 15 is 0 Å². The second-order valence-electron chi connectivity index (χ2n) is 3.53. The van der Waals surface area contributed by atoms with Crippen LogP contribution in [0.25, 0.3) is 0 Å². The highest BCUT2D eigenvalue weighted by Gasteiger charge is 1.95. The number of hydrogen-bond acceptors (Lipinski definition) is 3. The second kappa shape index (κ2) is 7.23. The SMILES string of the molecule is CCCNCc1ccc(OCCC)nc1. The van der Waals surface area contributed by atoms with Crippen LogP contribution in [0, 0.1) is 0 Å². The maximum absolute atomic E-state index is 5.40. The van der Waals surface area contributed by atoms with E-state index in [4.69, 9.17) is 4.74 Å². The molecule has 0 radical (unpaired) electrons. The van der Waals surface area contributed by atoms with Gasteiger partial charge in [-0.2, -0.15) is 0 Å². The van der Waals surface area contributed by atoms with Gasteiger partial charge in [-0.15, -0.1) is 0 Å². The van der Waals surface area contributed by atoms with Crippen molar-refractivity contribution in [2.45, 2.75) is 33.2 Å². The highest BCUT2D eigenvalue weighted by molar-refractivity contribution is 5.17. The van der Waals surface area contributed by atoms with Crippen LogP contribution in [0.4, 0.5) is 0 Å². The predicted molar refractivity (Wildman–Crippen MR) is 62.0 cm³/mol. The fraction of sp³-hybridized carbons (Fsp3) is 0.583. The summed E-state index contributed by atoms with van der Waals surface area (Å²) in [4.78, 5) is 4.23. The molecule has 15 heavy (non-hydrogen) atoms. The van der Waals surface area contributed by atoms with E-state index in [1.54, 1.807) is 0 Å². The van der Waals surface area contributed by atoms with Crippen molar-refractivity contribution >= 4 is 0 Å². The van der Waals surface area contributed by atoms with Crippen LogP contribution in [0.1, 0.15) is 32.3 Å². The zero-order valence-corrected chi connectivity index (χ0v) is 9.62. The van der Waals surface area contributed by atoms with Crippen LogP contribution in [-0.4, -0.2) is 18.1 Å². The molecule has 1 aromatic heterocycles. The summed E-state index contributed by atoms with van der Waals surface area (Å²) in [5.41, 5.74) is 1.20. The Kier molecular flexibility index (Phi) is 5.78. The van der Waals surface area contributed by atoms with Crippen molar-refractivity contribution in [1.82, 2.24) is 10.3 Å². The number of hydrogen-bond donors (Lipinski definition) is 1. The second-order valence-corrected chi connectivity index (χ2v) is 3.53. The first-order valence-electron chi connectivity index (χ1n) is 5.65. The Balaban J connectivity index is 2.35. The molecule has 3 heteroatoms. The van der Waals surface area contributed by atoms with Gasteiger partial charge in [0.25, 0.3) is 0 Å². The molecule has 0 unspecified atom stereocenters. The van der Waals surface area contributed by atoms with E-state index in [0.717, 1.165) is 38.4 Å². The van der Waals surface area contributed by atoms with Crippen LogP contribution in [0.15, 0.2) is 18.3 Å². The van der Waals surface area contributed by atoms with E-state index in [1.165, 1.54) is 5.56 Å². The van der Waals surface area contributed by atoms with Crippen molar-refractivity contribution in [3.8, 4) is 5.88 Å². The van der Waals surface area contributed by atoms with Crippen molar-refractivity contribution in [3.05, 3.63) is 23.9 Å². The molecule has 0 saturated carbocycles. The molecule has 84 valence electrons. The average Bonchev–Trinajstić information content (AvgIpc) is 2.28. The van der Waals surface area contributed by atoms with Gasteiger partial charge in [-0.25, -0.2) is 4.98 Å². The molecule has 1 rings (SSSR count). The molecule has 0 atom stereocenters. The Labute approximate surface area is 91.9 Å². The van der Waals surface area contributed by atoms with Crippen molar-refractivity contribution in [2.24, 2.45) is 0 Å². The lowest BCUT2D eigenvalue weighted by Gasteiger charge is -2.05. The van der Waals surface area contributed by atoms with E-state index in [1.807, 2.05) is 12.3 Å². The van der Waals surface area contributed by atoms with E-state index in [2.05, 4.69) is 30.2 Å². The zero-order valence-electron chi connectivity index (χ0n) is 9.62. The first kappa shape index (κ1) is 12.0. The first-order chi connectivity index (χ1) is 7.36. The summed E-state index contributed by atoms with van der Waals surface area (Å²) in [7, 11) is 0. The topological polar surface area (TPSA) is 34.1 Å². The Hall–Kier alpha value is -1.09. The molecule has 1 aromatic rings. The first-order valence-corrected chi connectivity index (χ1v) is 5.65. The highest BCUT2D eigenvalue weighted by Crippen LogP contribution is 2.07. The number of rotatable bonds is 7. The summed E-state index contributed by atoms with van der Waals surface area (Å²) in [6, 6.07) is 3.99. The maximum Gasteiger partial charge on any atom is 0.213 e. The molecule has 0 aromatic carbocycles. The molecule has 0 amide bonds. The van der Waals surface area contributed by atoms with Gasteiger partial charge >= 0.3 is 0 Å². The summed E-state index contributed by atoms with van der Waals surface area (Å²) in [6.07, 6.45) is 4.04. The Morgan fingerprint density at radius 3 is 2.73 bits per heavy atom. The lowest BCUT2D eigenvalue weighted by molar-refractivity contribution is 0.305. The minimum Gasteiger partial charge on any atom is -0.478 e. The predicted octanol–water partition coefficient (Wildman–Crippen LogP) is 2.37. The van der Waals surface area contributed by atoms with Gasteiger partial charge in [-0.05, 0) is 24.9 Å². The van der Waals surface area contributed by atoms with Crippen LogP contribution >= 0.6 is 0 Å². The van der Waals surface area contributed by atoms with Gasteiger partial charge in [0, 0.05) is 18.8 Å². The lowest BCUT2D eigenvalue weighted by atomic mass is 10.3. The van der Waals surface area contributed by atoms with E-state index in [0.29, 0.717) is 0 Å². The van der Waals surface area contributed by atoms with E-state index in [-0.39, 0.29) is 0 Å². The molecule has 1 N–H and O–H groups in total. The van der Waals surface area contributed by atoms with Gasteiger partial charge in [0.15, 0.2) is 0 Å². The lowest BCUT2D eigenvalue weighted by Crippen LogP contribution is -2.13. The average molecular weight is 208 g/mol.